The Morgan fingerprint density at radius 3 is 2.08 bits per heavy atom. The molecule has 1 fully saturated rings. The number of piperazine rings is 1. The van der Waals surface area contributed by atoms with E-state index in [-0.39, 0.29) is 12.4 Å². The summed E-state index contributed by atoms with van der Waals surface area (Å²) >= 11 is 0. The average Bonchev–Trinajstić information content (AvgIpc) is 2.47. The van der Waals surface area contributed by atoms with Crippen LogP contribution >= 0.6 is 12.4 Å². The first kappa shape index (κ1) is 21.0. The normalized spacial score (nSPS) is 18.1. The molecule has 0 spiro atoms. The Morgan fingerprint density at radius 1 is 1.04 bits per heavy atom. The minimum absolute atomic E-state index is 0. The van der Waals surface area contributed by atoms with Crippen LogP contribution in [0.15, 0.2) is 18.2 Å². The van der Waals surface area contributed by atoms with Crippen LogP contribution in [0, 0.1) is 0 Å². The zero-order valence-electron chi connectivity index (χ0n) is 12.4. The van der Waals surface area contributed by atoms with Gasteiger partial charge in [-0.2, -0.15) is 26.3 Å². The molecule has 0 amide bonds. The van der Waals surface area contributed by atoms with Crippen LogP contribution in [-0.4, -0.2) is 42.8 Å². The molecule has 0 bridgehead atoms. The lowest BCUT2D eigenvalue weighted by atomic mass is 9.95. The zero-order valence-corrected chi connectivity index (χ0v) is 13.2. The van der Waals surface area contributed by atoms with E-state index in [2.05, 4.69) is 5.32 Å². The third kappa shape index (κ3) is 4.75. The average molecular weight is 379 g/mol. The van der Waals surface area contributed by atoms with E-state index in [1.54, 1.807) is 4.90 Å². The monoisotopic (exact) mass is 378 g/mol. The number of aliphatic hydroxyl groups is 1. The van der Waals surface area contributed by atoms with Crippen molar-refractivity contribution in [3.05, 3.63) is 34.9 Å². The molecule has 0 radical (unpaired) electrons. The standard InChI is InChI=1S/C14H16F6N2O.ClH/c15-13(16,17)9-1-2-11(14(18,19)20)10(7-9)12(8-23)22-5-3-21-4-6-22;/h1-2,7,12,21,23H,3-6,8H2;1H/t12-;/m1./s1. The van der Waals surface area contributed by atoms with Crippen molar-refractivity contribution in [2.75, 3.05) is 32.8 Å². The molecule has 2 rings (SSSR count). The molecule has 0 aromatic heterocycles. The number of halogens is 7. The highest BCUT2D eigenvalue weighted by Crippen LogP contribution is 2.39. The van der Waals surface area contributed by atoms with Crippen LogP contribution in [0.5, 0.6) is 0 Å². The number of rotatable bonds is 3. The minimum Gasteiger partial charge on any atom is -0.394 e. The van der Waals surface area contributed by atoms with E-state index < -0.39 is 41.7 Å². The second kappa shape index (κ2) is 7.90. The van der Waals surface area contributed by atoms with Gasteiger partial charge in [-0.15, -0.1) is 12.4 Å². The maximum atomic E-state index is 13.1. The number of nitrogens with one attached hydrogen (secondary N) is 1. The number of hydrogen-bond donors (Lipinski definition) is 2. The molecule has 1 atom stereocenters. The highest BCUT2D eigenvalue weighted by molar-refractivity contribution is 5.85. The molecular weight excluding hydrogens is 362 g/mol. The zero-order chi connectivity index (χ0) is 17.3. The third-order valence-corrected chi connectivity index (χ3v) is 3.81. The lowest BCUT2D eigenvalue weighted by Gasteiger charge is -2.35. The van der Waals surface area contributed by atoms with Gasteiger partial charge in [-0.25, -0.2) is 0 Å². The number of nitrogens with zero attached hydrogens (tertiary/aromatic N) is 1. The van der Waals surface area contributed by atoms with Crippen LogP contribution in [0.25, 0.3) is 0 Å². The molecule has 0 aliphatic carbocycles. The second-order valence-electron chi connectivity index (χ2n) is 5.28. The summed E-state index contributed by atoms with van der Waals surface area (Å²) in [6.45, 7) is 0.996. The summed E-state index contributed by atoms with van der Waals surface area (Å²) in [5.41, 5.74) is -2.85. The molecule has 1 aliphatic rings. The molecule has 1 saturated heterocycles. The van der Waals surface area contributed by atoms with Crippen molar-refractivity contribution in [2.45, 2.75) is 18.4 Å². The predicted octanol–water partition coefficient (Wildman–Crippen LogP) is 3.08. The first-order valence-electron chi connectivity index (χ1n) is 6.98. The highest BCUT2D eigenvalue weighted by atomic mass is 35.5. The van der Waals surface area contributed by atoms with Crippen molar-refractivity contribution in [1.29, 1.82) is 0 Å². The fourth-order valence-corrected chi connectivity index (χ4v) is 2.68. The summed E-state index contributed by atoms with van der Waals surface area (Å²) in [6, 6.07) is 0.212. The Labute approximate surface area is 141 Å². The van der Waals surface area contributed by atoms with Crippen LogP contribution in [-0.2, 0) is 12.4 Å². The Hall–Kier alpha value is -1.03. The number of alkyl halides is 6. The molecule has 138 valence electrons. The third-order valence-electron chi connectivity index (χ3n) is 3.81. The van der Waals surface area contributed by atoms with Crippen molar-refractivity contribution in [1.82, 2.24) is 10.2 Å². The quantitative estimate of drug-likeness (QED) is 0.793. The minimum atomic E-state index is -4.79. The smallest absolute Gasteiger partial charge is 0.394 e. The molecule has 0 unspecified atom stereocenters. The van der Waals surface area contributed by atoms with Crippen molar-refractivity contribution in [3.63, 3.8) is 0 Å². The van der Waals surface area contributed by atoms with Gasteiger partial charge in [0.1, 0.15) is 0 Å². The molecule has 2 N–H and O–H groups in total. The van der Waals surface area contributed by atoms with Gasteiger partial charge in [0.25, 0.3) is 0 Å². The molecule has 0 saturated carbocycles. The maximum absolute atomic E-state index is 13.1. The van der Waals surface area contributed by atoms with E-state index in [1.165, 1.54) is 0 Å². The van der Waals surface area contributed by atoms with Crippen molar-refractivity contribution < 1.29 is 31.4 Å². The van der Waals surface area contributed by atoms with Gasteiger partial charge in [-0.05, 0) is 23.8 Å². The fraction of sp³-hybridized carbons (Fsp3) is 0.571. The van der Waals surface area contributed by atoms with E-state index >= 15 is 0 Å². The molecule has 24 heavy (non-hydrogen) atoms. The molecule has 1 aromatic carbocycles. The molecular formula is C14H17ClF6N2O. The van der Waals surface area contributed by atoms with Crippen molar-refractivity contribution in [2.24, 2.45) is 0 Å². The summed E-state index contributed by atoms with van der Waals surface area (Å²) in [5, 5.41) is 12.5. The van der Waals surface area contributed by atoms with Gasteiger partial charge in [0, 0.05) is 26.2 Å². The number of hydrogen-bond acceptors (Lipinski definition) is 3. The van der Waals surface area contributed by atoms with Crippen molar-refractivity contribution >= 4 is 12.4 Å². The van der Waals surface area contributed by atoms with Crippen LogP contribution in [0.3, 0.4) is 0 Å². The van der Waals surface area contributed by atoms with Gasteiger partial charge >= 0.3 is 12.4 Å². The van der Waals surface area contributed by atoms with Gasteiger partial charge in [0.05, 0.1) is 23.8 Å². The fourth-order valence-electron chi connectivity index (χ4n) is 2.68. The lowest BCUT2D eigenvalue weighted by Crippen LogP contribution is -2.46. The van der Waals surface area contributed by atoms with Gasteiger partial charge in [-0.3, -0.25) is 4.90 Å². The lowest BCUT2D eigenvalue weighted by molar-refractivity contribution is -0.142. The molecule has 1 heterocycles. The summed E-state index contributed by atoms with van der Waals surface area (Å²) < 4.78 is 78.0. The van der Waals surface area contributed by atoms with Gasteiger partial charge < -0.3 is 10.4 Å². The molecule has 1 aliphatic heterocycles. The van der Waals surface area contributed by atoms with E-state index in [4.69, 9.17) is 0 Å². The summed E-state index contributed by atoms with van der Waals surface area (Å²) in [6.07, 6.45) is -9.54. The van der Waals surface area contributed by atoms with E-state index in [0.29, 0.717) is 44.4 Å². The van der Waals surface area contributed by atoms with Crippen molar-refractivity contribution in [3.8, 4) is 0 Å². The second-order valence-corrected chi connectivity index (χ2v) is 5.28. The molecule has 1 aromatic rings. The first-order valence-corrected chi connectivity index (χ1v) is 6.98. The maximum Gasteiger partial charge on any atom is 0.416 e. The van der Waals surface area contributed by atoms with Crippen LogP contribution in [0.2, 0.25) is 0 Å². The Morgan fingerprint density at radius 2 is 1.62 bits per heavy atom. The van der Waals surface area contributed by atoms with Crippen LogP contribution in [0.1, 0.15) is 22.7 Å². The van der Waals surface area contributed by atoms with E-state index in [0.717, 1.165) is 0 Å². The Bertz CT molecular complexity index is 543. The largest absolute Gasteiger partial charge is 0.416 e. The van der Waals surface area contributed by atoms with E-state index in [1.807, 2.05) is 0 Å². The highest BCUT2D eigenvalue weighted by Gasteiger charge is 2.39. The van der Waals surface area contributed by atoms with Crippen LogP contribution in [0.4, 0.5) is 26.3 Å². The van der Waals surface area contributed by atoms with Gasteiger partial charge in [0.2, 0.25) is 0 Å². The topological polar surface area (TPSA) is 35.5 Å². The summed E-state index contributed by atoms with van der Waals surface area (Å²) in [4.78, 5) is 1.56. The number of aliphatic hydroxyl groups excluding tert-OH is 1. The van der Waals surface area contributed by atoms with E-state index in [9.17, 15) is 31.4 Å². The SMILES string of the molecule is Cl.OC[C@H](c1cc(C(F)(F)F)ccc1C(F)(F)F)N1CCNCC1. The summed E-state index contributed by atoms with van der Waals surface area (Å²) in [5.74, 6) is 0. The van der Waals surface area contributed by atoms with Gasteiger partial charge in [0.15, 0.2) is 0 Å². The predicted molar refractivity (Wildman–Crippen MR) is 78.0 cm³/mol. The van der Waals surface area contributed by atoms with Crippen LogP contribution < -0.4 is 5.32 Å². The van der Waals surface area contributed by atoms with Gasteiger partial charge in [-0.1, -0.05) is 0 Å². The Balaban J connectivity index is 0.00000288. The first-order chi connectivity index (χ1) is 10.6. The summed E-state index contributed by atoms with van der Waals surface area (Å²) in [7, 11) is 0. The molecule has 10 heteroatoms. The molecule has 3 nitrogen and oxygen atoms in total. The Kier molecular flexibility index (Phi) is 6.92. The number of benzene rings is 1.